The Bertz CT molecular complexity index is 431. The number of halogens is 1. The highest BCUT2D eigenvalue weighted by Gasteiger charge is 2.27. The molecule has 4 nitrogen and oxygen atoms in total. The maximum Gasteiger partial charge on any atom is 0.251 e. The molecule has 0 unspecified atom stereocenters. The van der Waals surface area contributed by atoms with E-state index < -0.39 is 5.82 Å². The minimum atomic E-state index is -0.586. The summed E-state index contributed by atoms with van der Waals surface area (Å²) in [5, 5.41) is 11.8. The topological polar surface area (TPSA) is 75.4 Å². The highest BCUT2D eigenvalue weighted by molar-refractivity contribution is 5.94. The van der Waals surface area contributed by atoms with Crippen molar-refractivity contribution in [3.05, 3.63) is 29.6 Å². The Morgan fingerprint density at radius 3 is 2.82 bits per heavy atom. The Morgan fingerprint density at radius 2 is 2.24 bits per heavy atom. The third-order valence-corrected chi connectivity index (χ3v) is 3.02. The first kappa shape index (κ1) is 11.9. The molecule has 0 radical (unpaired) electrons. The third kappa shape index (κ3) is 2.74. The summed E-state index contributed by atoms with van der Waals surface area (Å²) in [4.78, 5) is 11.7. The summed E-state index contributed by atoms with van der Waals surface area (Å²) in [6, 6.07) is 3.99. The summed E-state index contributed by atoms with van der Waals surface area (Å²) < 4.78 is 13.1. The van der Waals surface area contributed by atoms with Gasteiger partial charge in [0.05, 0.1) is 11.8 Å². The average Bonchev–Trinajstić information content (AvgIpc) is 2.26. The van der Waals surface area contributed by atoms with Crippen LogP contribution in [0.2, 0.25) is 0 Å². The maximum absolute atomic E-state index is 13.1. The number of rotatable bonds is 3. The number of carbonyl (C=O) groups excluding carboxylic acids is 1. The van der Waals surface area contributed by atoms with Crippen LogP contribution in [0.1, 0.15) is 23.2 Å². The molecule has 0 saturated heterocycles. The van der Waals surface area contributed by atoms with E-state index in [-0.39, 0.29) is 23.3 Å². The zero-order valence-electron chi connectivity index (χ0n) is 9.32. The number of hydrogen-bond acceptors (Lipinski definition) is 3. The first-order valence-corrected chi connectivity index (χ1v) is 5.57. The normalized spacial score (nSPS) is 22.9. The van der Waals surface area contributed by atoms with Gasteiger partial charge >= 0.3 is 0 Å². The minimum Gasteiger partial charge on any atom is -0.396 e. The summed E-state index contributed by atoms with van der Waals surface area (Å²) in [5.74, 6) is -0.574. The number of nitrogens with one attached hydrogen (secondary N) is 1. The molecule has 0 aliphatic heterocycles. The van der Waals surface area contributed by atoms with Gasteiger partial charge in [0.1, 0.15) is 5.82 Å². The van der Waals surface area contributed by atoms with E-state index in [1.54, 1.807) is 0 Å². The Labute approximate surface area is 98.6 Å². The van der Waals surface area contributed by atoms with Gasteiger partial charge in [-0.2, -0.15) is 0 Å². The van der Waals surface area contributed by atoms with Crippen molar-refractivity contribution in [2.45, 2.75) is 18.9 Å². The van der Waals surface area contributed by atoms with Crippen LogP contribution in [-0.2, 0) is 0 Å². The zero-order chi connectivity index (χ0) is 12.4. The monoisotopic (exact) mass is 238 g/mol. The average molecular weight is 238 g/mol. The second-order valence-corrected chi connectivity index (χ2v) is 4.44. The number of nitrogen functional groups attached to an aromatic ring is 1. The summed E-state index contributed by atoms with van der Waals surface area (Å²) in [6.07, 6.45) is 1.21. The number of amides is 1. The Hall–Kier alpha value is -1.62. The number of hydrogen-bond donors (Lipinski definition) is 3. The zero-order valence-corrected chi connectivity index (χ0v) is 9.32. The fraction of sp³-hybridized carbons (Fsp3) is 0.417. The van der Waals surface area contributed by atoms with Gasteiger partial charge in [0.25, 0.3) is 5.91 Å². The molecule has 0 heterocycles. The Balaban J connectivity index is 1.88. The predicted octanol–water partition coefficient (Wildman–Crippen LogP) is 0.909. The Kier molecular flexibility index (Phi) is 3.28. The highest BCUT2D eigenvalue weighted by atomic mass is 19.1. The van der Waals surface area contributed by atoms with Crippen LogP contribution in [0.5, 0.6) is 0 Å². The van der Waals surface area contributed by atoms with E-state index in [9.17, 15) is 9.18 Å². The van der Waals surface area contributed by atoms with Crippen molar-refractivity contribution in [2.75, 3.05) is 12.3 Å². The number of aliphatic hydroxyl groups excluding tert-OH is 1. The van der Waals surface area contributed by atoms with Crippen molar-refractivity contribution in [3.63, 3.8) is 0 Å². The van der Waals surface area contributed by atoms with Gasteiger partial charge in [-0.25, -0.2) is 4.39 Å². The lowest BCUT2D eigenvalue weighted by molar-refractivity contribution is 0.0420. The SMILES string of the molecule is Nc1ccc(C(=O)NCC2CC(O)C2)cc1F. The molecule has 17 heavy (non-hydrogen) atoms. The largest absolute Gasteiger partial charge is 0.396 e. The lowest BCUT2D eigenvalue weighted by Crippen LogP contribution is -2.38. The molecule has 5 heteroatoms. The second kappa shape index (κ2) is 4.71. The van der Waals surface area contributed by atoms with Crippen molar-refractivity contribution >= 4 is 11.6 Å². The molecule has 2 rings (SSSR count). The van der Waals surface area contributed by atoms with Gasteiger partial charge in [-0.05, 0) is 37.0 Å². The van der Waals surface area contributed by atoms with Crippen LogP contribution in [0.3, 0.4) is 0 Å². The van der Waals surface area contributed by atoms with Crippen LogP contribution in [-0.4, -0.2) is 23.7 Å². The number of benzene rings is 1. The molecule has 4 N–H and O–H groups in total. The van der Waals surface area contributed by atoms with E-state index >= 15 is 0 Å². The molecule has 1 fully saturated rings. The fourth-order valence-corrected chi connectivity index (χ4v) is 1.87. The number of carbonyl (C=O) groups is 1. The first-order chi connectivity index (χ1) is 8.06. The van der Waals surface area contributed by atoms with Crippen LogP contribution in [0.4, 0.5) is 10.1 Å². The van der Waals surface area contributed by atoms with Crippen molar-refractivity contribution in [1.29, 1.82) is 0 Å². The molecular formula is C12H15FN2O2. The van der Waals surface area contributed by atoms with Gasteiger partial charge in [0, 0.05) is 12.1 Å². The molecule has 0 atom stereocenters. The second-order valence-electron chi connectivity index (χ2n) is 4.44. The summed E-state index contributed by atoms with van der Waals surface area (Å²) in [5.41, 5.74) is 5.61. The van der Waals surface area contributed by atoms with E-state index in [2.05, 4.69) is 5.32 Å². The maximum atomic E-state index is 13.1. The van der Waals surface area contributed by atoms with Crippen LogP contribution >= 0.6 is 0 Å². The smallest absolute Gasteiger partial charge is 0.251 e. The third-order valence-electron chi connectivity index (χ3n) is 3.02. The minimum absolute atomic E-state index is 0.0312. The molecule has 1 aromatic rings. The highest BCUT2D eigenvalue weighted by Crippen LogP contribution is 2.26. The number of aliphatic hydroxyl groups is 1. The van der Waals surface area contributed by atoms with E-state index in [0.29, 0.717) is 12.5 Å². The van der Waals surface area contributed by atoms with Crippen molar-refractivity contribution in [2.24, 2.45) is 5.92 Å². The van der Waals surface area contributed by atoms with Crippen molar-refractivity contribution < 1.29 is 14.3 Å². The fourth-order valence-electron chi connectivity index (χ4n) is 1.87. The van der Waals surface area contributed by atoms with E-state index in [0.717, 1.165) is 18.9 Å². The van der Waals surface area contributed by atoms with Gasteiger partial charge in [-0.15, -0.1) is 0 Å². The van der Waals surface area contributed by atoms with E-state index in [1.165, 1.54) is 12.1 Å². The van der Waals surface area contributed by atoms with Gasteiger partial charge in [0.15, 0.2) is 0 Å². The summed E-state index contributed by atoms with van der Waals surface area (Å²) in [6.45, 7) is 0.516. The molecule has 92 valence electrons. The van der Waals surface area contributed by atoms with Crippen LogP contribution in [0, 0.1) is 11.7 Å². The lowest BCUT2D eigenvalue weighted by Gasteiger charge is -2.31. The van der Waals surface area contributed by atoms with Gasteiger partial charge < -0.3 is 16.2 Å². The van der Waals surface area contributed by atoms with Gasteiger partial charge in [-0.3, -0.25) is 4.79 Å². The van der Waals surface area contributed by atoms with Crippen molar-refractivity contribution in [1.82, 2.24) is 5.32 Å². The first-order valence-electron chi connectivity index (χ1n) is 5.57. The summed E-state index contributed by atoms with van der Waals surface area (Å²) in [7, 11) is 0. The van der Waals surface area contributed by atoms with E-state index in [4.69, 9.17) is 10.8 Å². The predicted molar refractivity (Wildman–Crippen MR) is 61.9 cm³/mol. The standard InChI is InChI=1S/C12H15FN2O2/c13-10-5-8(1-2-11(10)14)12(17)15-6-7-3-9(16)4-7/h1-2,5,7,9,16H,3-4,6,14H2,(H,15,17). The molecule has 1 aliphatic carbocycles. The van der Waals surface area contributed by atoms with E-state index in [1.807, 2.05) is 0 Å². The molecule has 1 aromatic carbocycles. The number of anilines is 1. The number of nitrogens with two attached hydrogens (primary N) is 1. The van der Waals surface area contributed by atoms with Crippen LogP contribution in [0.25, 0.3) is 0 Å². The lowest BCUT2D eigenvalue weighted by atomic mass is 9.82. The molecule has 1 amide bonds. The Morgan fingerprint density at radius 1 is 1.53 bits per heavy atom. The van der Waals surface area contributed by atoms with Gasteiger partial charge in [-0.1, -0.05) is 0 Å². The molecule has 1 aliphatic rings. The van der Waals surface area contributed by atoms with Crippen LogP contribution in [0.15, 0.2) is 18.2 Å². The molecule has 1 saturated carbocycles. The molecule has 0 spiro atoms. The quantitative estimate of drug-likeness (QED) is 0.685. The van der Waals surface area contributed by atoms with Crippen LogP contribution < -0.4 is 11.1 Å². The molecule has 0 bridgehead atoms. The molecular weight excluding hydrogens is 223 g/mol. The molecule has 0 aromatic heterocycles. The van der Waals surface area contributed by atoms with Crippen molar-refractivity contribution in [3.8, 4) is 0 Å². The van der Waals surface area contributed by atoms with Gasteiger partial charge in [0.2, 0.25) is 0 Å². The summed E-state index contributed by atoms with van der Waals surface area (Å²) >= 11 is 0.